The molecular formula is C14H16NO2+. The topological polar surface area (TPSA) is 40.4 Å². The standard InChI is InChI=1S/C14H15NO2/c1-14(2,3)17-13(16)11-5-4-10-6-7-15-9-12(10)8-11/h4-9H,1-3H3/p+1. The highest BCUT2D eigenvalue weighted by Gasteiger charge is 2.18. The molecule has 0 aliphatic rings. The normalized spacial score (nSPS) is 11.5. The summed E-state index contributed by atoms with van der Waals surface area (Å²) in [4.78, 5) is 14.9. The first-order valence-corrected chi connectivity index (χ1v) is 5.59. The smallest absolute Gasteiger partial charge is 0.338 e. The molecule has 88 valence electrons. The largest absolute Gasteiger partial charge is 0.456 e. The molecule has 0 fully saturated rings. The van der Waals surface area contributed by atoms with Crippen LogP contribution in [0.4, 0.5) is 0 Å². The van der Waals surface area contributed by atoms with Crippen molar-refractivity contribution in [3.63, 3.8) is 0 Å². The molecular weight excluding hydrogens is 214 g/mol. The molecule has 2 rings (SSSR count). The highest BCUT2D eigenvalue weighted by atomic mass is 16.6. The lowest BCUT2D eigenvalue weighted by Crippen LogP contribution is -2.23. The van der Waals surface area contributed by atoms with Gasteiger partial charge in [-0.3, -0.25) is 0 Å². The Morgan fingerprint density at radius 1 is 1.18 bits per heavy atom. The highest BCUT2D eigenvalue weighted by Crippen LogP contribution is 2.17. The zero-order valence-electron chi connectivity index (χ0n) is 10.3. The number of H-pyrrole nitrogens is 1. The van der Waals surface area contributed by atoms with Crippen molar-refractivity contribution in [1.29, 1.82) is 0 Å². The van der Waals surface area contributed by atoms with Gasteiger partial charge in [0.05, 0.1) is 5.56 Å². The van der Waals surface area contributed by atoms with E-state index in [4.69, 9.17) is 4.74 Å². The molecule has 17 heavy (non-hydrogen) atoms. The summed E-state index contributed by atoms with van der Waals surface area (Å²) in [5, 5.41) is 2.09. The first-order valence-electron chi connectivity index (χ1n) is 5.59. The third kappa shape index (κ3) is 2.81. The Balaban J connectivity index is 2.33. The number of carbonyl (C=O) groups is 1. The van der Waals surface area contributed by atoms with Crippen LogP contribution in [0.1, 0.15) is 31.1 Å². The highest BCUT2D eigenvalue weighted by molar-refractivity contribution is 5.95. The van der Waals surface area contributed by atoms with Crippen LogP contribution in [0.5, 0.6) is 0 Å². The van der Waals surface area contributed by atoms with Crippen LogP contribution in [0.2, 0.25) is 0 Å². The maximum atomic E-state index is 11.9. The number of esters is 1. The maximum absolute atomic E-state index is 11.9. The van der Waals surface area contributed by atoms with Gasteiger partial charge in [0, 0.05) is 11.5 Å². The van der Waals surface area contributed by atoms with E-state index in [0.717, 1.165) is 10.8 Å². The lowest BCUT2D eigenvalue weighted by molar-refractivity contribution is -0.375. The third-order valence-corrected chi connectivity index (χ3v) is 2.32. The SMILES string of the molecule is CC(C)(C)OC(=O)c1ccc2cc[nH+]cc2c1. The van der Waals surface area contributed by atoms with E-state index in [2.05, 4.69) is 4.98 Å². The molecule has 0 saturated heterocycles. The third-order valence-electron chi connectivity index (χ3n) is 2.32. The minimum absolute atomic E-state index is 0.289. The molecule has 0 spiro atoms. The van der Waals surface area contributed by atoms with Crippen molar-refractivity contribution >= 4 is 16.7 Å². The molecule has 3 nitrogen and oxygen atoms in total. The number of benzene rings is 1. The summed E-state index contributed by atoms with van der Waals surface area (Å²) in [6.45, 7) is 5.58. The Morgan fingerprint density at radius 2 is 1.94 bits per heavy atom. The average Bonchev–Trinajstić information content (AvgIpc) is 2.26. The summed E-state index contributed by atoms with van der Waals surface area (Å²) in [6.07, 6.45) is 3.72. The molecule has 0 saturated carbocycles. The lowest BCUT2D eigenvalue weighted by atomic mass is 10.1. The second-order valence-corrected chi connectivity index (χ2v) is 4.99. The van der Waals surface area contributed by atoms with E-state index < -0.39 is 5.60 Å². The van der Waals surface area contributed by atoms with Gasteiger partial charge in [0.1, 0.15) is 5.60 Å². The van der Waals surface area contributed by atoms with Crippen molar-refractivity contribution in [3.8, 4) is 0 Å². The number of aromatic amines is 1. The van der Waals surface area contributed by atoms with E-state index in [0.29, 0.717) is 5.56 Å². The Hall–Kier alpha value is -1.90. The Labute approximate surface area is 100 Å². The zero-order valence-corrected chi connectivity index (χ0v) is 10.3. The number of pyridine rings is 1. The van der Waals surface area contributed by atoms with Crippen molar-refractivity contribution in [2.75, 3.05) is 0 Å². The molecule has 1 N–H and O–H groups in total. The molecule has 0 atom stereocenters. The van der Waals surface area contributed by atoms with E-state index in [1.165, 1.54) is 0 Å². The molecule has 0 aliphatic carbocycles. The summed E-state index contributed by atoms with van der Waals surface area (Å²) in [6, 6.07) is 7.51. The van der Waals surface area contributed by atoms with E-state index in [1.54, 1.807) is 6.07 Å². The summed E-state index contributed by atoms with van der Waals surface area (Å²) < 4.78 is 5.32. The van der Waals surface area contributed by atoms with Gasteiger partial charge in [-0.2, -0.15) is 0 Å². The fourth-order valence-corrected chi connectivity index (χ4v) is 1.59. The minimum atomic E-state index is -0.463. The van der Waals surface area contributed by atoms with E-state index in [-0.39, 0.29) is 5.97 Å². The van der Waals surface area contributed by atoms with Gasteiger partial charge in [0.2, 0.25) is 0 Å². The Morgan fingerprint density at radius 3 is 2.65 bits per heavy atom. The summed E-state index contributed by atoms with van der Waals surface area (Å²) in [5.41, 5.74) is 0.113. The number of ether oxygens (including phenoxy) is 1. The van der Waals surface area contributed by atoms with Crippen LogP contribution in [0.3, 0.4) is 0 Å². The molecule has 0 bridgehead atoms. The van der Waals surface area contributed by atoms with Crippen molar-refractivity contribution in [1.82, 2.24) is 0 Å². The van der Waals surface area contributed by atoms with Gasteiger partial charge in [-0.25, -0.2) is 9.78 Å². The van der Waals surface area contributed by atoms with Gasteiger partial charge in [0.15, 0.2) is 12.4 Å². The molecule has 0 amide bonds. The Kier molecular flexibility index (Phi) is 2.84. The molecule has 3 heteroatoms. The van der Waals surface area contributed by atoms with Crippen LogP contribution in [0.15, 0.2) is 36.7 Å². The number of aromatic nitrogens is 1. The first-order chi connectivity index (χ1) is 7.96. The fraction of sp³-hybridized carbons (Fsp3) is 0.286. The summed E-state index contributed by atoms with van der Waals surface area (Å²) in [7, 11) is 0. The zero-order chi connectivity index (χ0) is 12.5. The van der Waals surface area contributed by atoms with E-state index in [1.807, 2.05) is 51.4 Å². The van der Waals surface area contributed by atoms with Crippen LogP contribution in [-0.2, 0) is 4.74 Å². The quantitative estimate of drug-likeness (QED) is 0.706. The van der Waals surface area contributed by atoms with Gasteiger partial charge < -0.3 is 4.74 Å². The number of nitrogens with one attached hydrogen (secondary N) is 1. The van der Waals surface area contributed by atoms with Crippen LogP contribution in [-0.4, -0.2) is 11.6 Å². The molecule has 0 radical (unpaired) electrons. The van der Waals surface area contributed by atoms with Crippen molar-refractivity contribution in [3.05, 3.63) is 42.2 Å². The van der Waals surface area contributed by atoms with Crippen LogP contribution in [0.25, 0.3) is 10.8 Å². The van der Waals surface area contributed by atoms with Gasteiger partial charge in [-0.15, -0.1) is 0 Å². The van der Waals surface area contributed by atoms with Crippen LogP contribution < -0.4 is 4.98 Å². The van der Waals surface area contributed by atoms with Gasteiger partial charge >= 0.3 is 5.97 Å². The predicted molar refractivity (Wildman–Crippen MR) is 65.7 cm³/mol. The maximum Gasteiger partial charge on any atom is 0.338 e. The second-order valence-electron chi connectivity index (χ2n) is 4.99. The van der Waals surface area contributed by atoms with Crippen LogP contribution >= 0.6 is 0 Å². The number of hydrogen-bond donors (Lipinski definition) is 0. The van der Waals surface area contributed by atoms with E-state index in [9.17, 15) is 4.79 Å². The number of rotatable bonds is 1. The Bertz CT molecular complexity index is 555. The molecule has 2 aromatic rings. The summed E-state index contributed by atoms with van der Waals surface area (Å²) in [5.74, 6) is -0.289. The predicted octanol–water partition coefficient (Wildman–Crippen LogP) is 2.61. The van der Waals surface area contributed by atoms with Crippen molar-refractivity contribution < 1.29 is 14.5 Å². The van der Waals surface area contributed by atoms with Crippen molar-refractivity contribution in [2.45, 2.75) is 26.4 Å². The first kappa shape index (κ1) is 11.6. The average molecular weight is 230 g/mol. The lowest BCUT2D eigenvalue weighted by Gasteiger charge is -2.19. The monoisotopic (exact) mass is 230 g/mol. The second kappa shape index (κ2) is 4.17. The molecule has 0 unspecified atom stereocenters. The number of fused-ring (bicyclic) bond motifs is 1. The molecule has 1 aromatic heterocycles. The fourth-order valence-electron chi connectivity index (χ4n) is 1.59. The van der Waals surface area contributed by atoms with E-state index >= 15 is 0 Å². The molecule has 0 aliphatic heterocycles. The number of carbonyl (C=O) groups excluding carboxylic acids is 1. The molecule has 1 heterocycles. The van der Waals surface area contributed by atoms with Crippen LogP contribution in [0, 0.1) is 0 Å². The number of hydrogen-bond acceptors (Lipinski definition) is 2. The van der Waals surface area contributed by atoms with Gasteiger partial charge in [0.25, 0.3) is 0 Å². The van der Waals surface area contributed by atoms with Crippen molar-refractivity contribution in [2.24, 2.45) is 0 Å². The van der Waals surface area contributed by atoms with Gasteiger partial charge in [-0.1, -0.05) is 6.07 Å². The summed E-state index contributed by atoms with van der Waals surface area (Å²) >= 11 is 0. The van der Waals surface area contributed by atoms with Gasteiger partial charge in [-0.05, 0) is 38.3 Å². The minimum Gasteiger partial charge on any atom is -0.456 e. The molecule has 1 aromatic carbocycles.